The topological polar surface area (TPSA) is 27.8 Å². The van der Waals surface area contributed by atoms with E-state index in [1.54, 1.807) is 11.1 Å². The lowest BCUT2D eigenvalue weighted by Gasteiger charge is -2.25. The molecule has 2 nitrogen and oxygen atoms in total. The minimum atomic E-state index is 0.683. The van der Waals surface area contributed by atoms with E-state index in [0.29, 0.717) is 5.92 Å². The number of hydrogen-bond donors (Lipinski definition) is 2. The van der Waals surface area contributed by atoms with Crippen molar-refractivity contribution in [3.63, 3.8) is 0 Å². The Hall–Kier alpha value is -2.06. The fraction of sp³-hybridized carbons (Fsp3) is 0.333. The zero-order chi connectivity index (χ0) is 15.5. The van der Waals surface area contributed by atoms with Crippen LogP contribution in [0.15, 0.2) is 54.7 Å². The summed E-state index contributed by atoms with van der Waals surface area (Å²) in [4.78, 5) is 3.36. The summed E-state index contributed by atoms with van der Waals surface area (Å²) in [6.07, 6.45) is 7.13. The largest absolute Gasteiger partial charge is 0.361 e. The van der Waals surface area contributed by atoms with E-state index in [9.17, 15) is 0 Å². The van der Waals surface area contributed by atoms with Gasteiger partial charge in [-0.15, -0.1) is 0 Å². The molecule has 1 heterocycles. The van der Waals surface area contributed by atoms with E-state index in [-0.39, 0.29) is 0 Å². The summed E-state index contributed by atoms with van der Waals surface area (Å²) >= 11 is 0. The van der Waals surface area contributed by atoms with Crippen molar-refractivity contribution in [3.8, 4) is 0 Å². The molecule has 0 radical (unpaired) electrons. The molecule has 0 saturated carbocycles. The van der Waals surface area contributed by atoms with Gasteiger partial charge in [-0.3, -0.25) is 0 Å². The molecule has 1 aromatic heterocycles. The van der Waals surface area contributed by atoms with Crippen LogP contribution in [0.2, 0.25) is 0 Å². The first-order chi connectivity index (χ1) is 11.4. The van der Waals surface area contributed by atoms with E-state index < -0.39 is 0 Å². The molecule has 0 aliphatic heterocycles. The van der Waals surface area contributed by atoms with Crippen molar-refractivity contribution < 1.29 is 0 Å². The van der Waals surface area contributed by atoms with Gasteiger partial charge in [-0.2, -0.15) is 0 Å². The number of aromatic amines is 1. The molecule has 4 rings (SSSR count). The van der Waals surface area contributed by atoms with E-state index >= 15 is 0 Å². The van der Waals surface area contributed by atoms with E-state index in [2.05, 4.69) is 65.0 Å². The zero-order valence-corrected chi connectivity index (χ0v) is 13.5. The molecule has 2 aromatic carbocycles. The third-order valence-electron chi connectivity index (χ3n) is 5.13. The second-order valence-electron chi connectivity index (χ2n) is 6.60. The molecule has 1 unspecified atom stereocenters. The van der Waals surface area contributed by atoms with E-state index in [1.807, 2.05) is 0 Å². The quantitative estimate of drug-likeness (QED) is 0.671. The summed E-state index contributed by atoms with van der Waals surface area (Å²) in [7, 11) is 0. The van der Waals surface area contributed by atoms with Crippen LogP contribution in [0.25, 0.3) is 10.9 Å². The fourth-order valence-corrected chi connectivity index (χ4v) is 3.90. The summed E-state index contributed by atoms with van der Waals surface area (Å²) in [5, 5.41) is 5.04. The van der Waals surface area contributed by atoms with Crippen LogP contribution in [0.5, 0.6) is 0 Å². The van der Waals surface area contributed by atoms with Gasteiger partial charge < -0.3 is 10.3 Å². The number of para-hydroxylation sites is 1. The first kappa shape index (κ1) is 14.5. The maximum absolute atomic E-state index is 3.69. The highest BCUT2D eigenvalue weighted by Gasteiger charge is 2.18. The monoisotopic (exact) mass is 304 g/mol. The highest BCUT2D eigenvalue weighted by Crippen LogP contribution is 2.30. The molecule has 0 bridgehead atoms. The SMILES string of the molecule is c1ccc2c(c1)CCCC2CNCCc1c[nH]c2ccccc12. The number of fused-ring (bicyclic) bond motifs is 2. The Labute approximate surface area is 137 Å². The Bertz CT molecular complexity index is 787. The van der Waals surface area contributed by atoms with Crippen LogP contribution >= 0.6 is 0 Å². The molecule has 0 amide bonds. The average molecular weight is 304 g/mol. The molecule has 1 atom stereocenters. The Kier molecular flexibility index (Phi) is 4.16. The van der Waals surface area contributed by atoms with Crippen LogP contribution in [0.1, 0.15) is 35.4 Å². The Morgan fingerprint density at radius 3 is 2.91 bits per heavy atom. The average Bonchev–Trinajstić information content (AvgIpc) is 3.02. The molecule has 2 N–H and O–H groups in total. The van der Waals surface area contributed by atoms with Crippen LogP contribution in [-0.4, -0.2) is 18.1 Å². The number of hydrogen-bond acceptors (Lipinski definition) is 1. The number of H-pyrrole nitrogens is 1. The third kappa shape index (κ3) is 3.04. The van der Waals surface area contributed by atoms with E-state index in [1.165, 1.54) is 35.7 Å². The molecule has 0 saturated heterocycles. The summed E-state index contributed by atoms with van der Waals surface area (Å²) in [5.74, 6) is 0.683. The standard InChI is InChI=1S/C21H24N2/c1-2-9-19-16(6-1)7-5-8-17(19)14-22-13-12-18-15-23-21-11-4-3-10-20(18)21/h1-4,6,9-11,15,17,22-23H,5,7-8,12-14H2. The van der Waals surface area contributed by atoms with Gasteiger partial charge in [-0.25, -0.2) is 0 Å². The number of aromatic nitrogens is 1. The van der Waals surface area contributed by atoms with E-state index in [4.69, 9.17) is 0 Å². The van der Waals surface area contributed by atoms with Crippen LogP contribution < -0.4 is 5.32 Å². The minimum Gasteiger partial charge on any atom is -0.361 e. The summed E-state index contributed by atoms with van der Waals surface area (Å²) in [6.45, 7) is 2.14. The van der Waals surface area contributed by atoms with Gasteiger partial charge in [0.1, 0.15) is 0 Å². The molecule has 23 heavy (non-hydrogen) atoms. The van der Waals surface area contributed by atoms with Gasteiger partial charge in [0, 0.05) is 23.6 Å². The van der Waals surface area contributed by atoms with Crippen molar-refractivity contribution in [2.45, 2.75) is 31.6 Å². The highest BCUT2D eigenvalue weighted by atomic mass is 14.9. The lowest BCUT2D eigenvalue weighted by atomic mass is 9.83. The van der Waals surface area contributed by atoms with Crippen molar-refractivity contribution in [1.82, 2.24) is 10.3 Å². The second kappa shape index (κ2) is 6.59. The molecule has 2 heteroatoms. The molecule has 1 aliphatic rings. The normalized spacial score (nSPS) is 17.3. The van der Waals surface area contributed by atoms with Crippen molar-refractivity contribution >= 4 is 10.9 Å². The van der Waals surface area contributed by atoms with Crippen LogP contribution in [0, 0.1) is 0 Å². The fourth-order valence-electron chi connectivity index (χ4n) is 3.90. The third-order valence-corrected chi connectivity index (χ3v) is 5.13. The molecular formula is C21H24N2. The van der Waals surface area contributed by atoms with Gasteiger partial charge in [0.2, 0.25) is 0 Å². The van der Waals surface area contributed by atoms with Crippen molar-refractivity contribution in [1.29, 1.82) is 0 Å². The van der Waals surface area contributed by atoms with E-state index in [0.717, 1.165) is 19.5 Å². The van der Waals surface area contributed by atoms with Crippen LogP contribution in [0.3, 0.4) is 0 Å². The molecule has 0 fully saturated rings. The highest BCUT2D eigenvalue weighted by molar-refractivity contribution is 5.83. The Balaban J connectivity index is 1.34. The van der Waals surface area contributed by atoms with Gasteiger partial charge in [-0.1, -0.05) is 42.5 Å². The van der Waals surface area contributed by atoms with Gasteiger partial charge >= 0.3 is 0 Å². The van der Waals surface area contributed by atoms with Crippen LogP contribution in [-0.2, 0) is 12.8 Å². The number of rotatable bonds is 5. The maximum Gasteiger partial charge on any atom is 0.0456 e. The second-order valence-corrected chi connectivity index (χ2v) is 6.60. The van der Waals surface area contributed by atoms with Gasteiger partial charge in [-0.05, 0) is 60.9 Å². The molecular weight excluding hydrogens is 280 g/mol. The van der Waals surface area contributed by atoms with Crippen molar-refractivity contribution in [2.24, 2.45) is 0 Å². The molecule has 3 aromatic rings. The first-order valence-electron chi connectivity index (χ1n) is 8.75. The predicted octanol–water partition coefficient (Wildman–Crippen LogP) is 4.42. The van der Waals surface area contributed by atoms with Gasteiger partial charge in [0.25, 0.3) is 0 Å². The van der Waals surface area contributed by atoms with Gasteiger partial charge in [0.05, 0.1) is 0 Å². The molecule has 1 aliphatic carbocycles. The van der Waals surface area contributed by atoms with Crippen molar-refractivity contribution in [3.05, 3.63) is 71.4 Å². The first-order valence-corrected chi connectivity index (χ1v) is 8.75. The van der Waals surface area contributed by atoms with Crippen LogP contribution in [0.4, 0.5) is 0 Å². The zero-order valence-electron chi connectivity index (χ0n) is 13.5. The Morgan fingerprint density at radius 1 is 1.04 bits per heavy atom. The lowest BCUT2D eigenvalue weighted by Crippen LogP contribution is -2.26. The number of aryl methyl sites for hydroxylation is 1. The number of benzene rings is 2. The predicted molar refractivity (Wildman–Crippen MR) is 97.0 cm³/mol. The lowest BCUT2D eigenvalue weighted by molar-refractivity contribution is 0.509. The number of nitrogens with one attached hydrogen (secondary N) is 2. The smallest absolute Gasteiger partial charge is 0.0456 e. The summed E-state index contributed by atoms with van der Waals surface area (Å²) in [6, 6.07) is 17.5. The minimum absolute atomic E-state index is 0.683. The Morgan fingerprint density at radius 2 is 1.91 bits per heavy atom. The summed E-state index contributed by atoms with van der Waals surface area (Å²) in [5.41, 5.74) is 5.78. The van der Waals surface area contributed by atoms with Gasteiger partial charge in [0.15, 0.2) is 0 Å². The molecule has 0 spiro atoms. The maximum atomic E-state index is 3.69. The van der Waals surface area contributed by atoms with Crippen molar-refractivity contribution in [2.75, 3.05) is 13.1 Å². The summed E-state index contributed by atoms with van der Waals surface area (Å²) < 4.78 is 0. The molecule has 118 valence electrons.